The quantitative estimate of drug-likeness (QED) is 0.0324. The topological polar surface area (TPSA) is 110 Å². The SMILES string of the molecule is CCCCCCC/C=C/CC/C=C/CCCC(O)C(O)C(CO)NC(=O)C(O)CCCCCCCC/C=C\CCCCCCCCCCCC. The first-order valence-electron chi connectivity index (χ1n) is 21.4. The molecule has 4 atom stereocenters. The summed E-state index contributed by atoms with van der Waals surface area (Å²) in [5.41, 5.74) is 0. The van der Waals surface area contributed by atoms with Crippen molar-refractivity contribution in [2.75, 3.05) is 6.61 Å². The molecule has 294 valence electrons. The number of unbranched alkanes of at least 4 members (excludes halogenated alkanes) is 23. The van der Waals surface area contributed by atoms with Crippen molar-refractivity contribution in [3.63, 3.8) is 0 Å². The number of hydrogen-bond donors (Lipinski definition) is 5. The summed E-state index contributed by atoms with van der Waals surface area (Å²) < 4.78 is 0. The van der Waals surface area contributed by atoms with Gasteiger partial charge in [0.25, 0.3) is 0 Å². The molecule has 6 heteroatoms. The molecule has 0 fully saturated rings. The van der Waals surface area contributed by atoms with Crippen LogP contribution < -0.4 is 5.32 Å². The van der Waals surface area contributed by atoms with Crippen molar-refractivity contribution in [3.8, 4) is 0 Å². The third kappa shape index (κ3) is 32.4. The summed E-state index contributed by atoms with van der Waals surface area (Å²) in [6.45, 7) is 4.01. The first kappa shape index (κ1) is 48.5. The van der Waals surface area contributed by atoms with Crippen molar-refractivity contribution < 1.29 is 25.2 Å². The van der Waals surface area contributed by atoms with Gasteiger partial charge in [-0.25, -0.2) is 0 Å². The molecule has 0 bridgehead atoms. The van der Waals surface area contributed by atoms with Crippen LogP contribution in [-0.4, -0.2) is 57.3 Å². The molecule has 0 aliphatic heterocycles. The van der Waals surface area contributed by atoms with Gasteiger partial charge in [-0.05, 0) is 77.0 Å². The first-order valence-corrected chi connectivity index (χ1v) is 21.4. The summed E-state index contributed by atoms with van der Waals surface area (Å²) >= 11 is 0. The number of aliphatic hydroxyl groups is 4. The van der Waals surface area contributed by atoms with Gasteiger partial charge in [0.05, 0.1) is 18.8 Å². The number of hydrogen-bond acceptors (Lipinski definition) is 5. The molecule has 50 heavy (non-hydrogen) atoms. The minimum atomic E-state index is -1.29. The number of carbonyl (C=O) groups excluding carboxylic acids is 1. The molecule has 0 rings (SSSR count). The first-order chi connectivity index (χ1) is 24.5. The van der Waals surface area contributed by atoms with Crippen LogP contribution in [0.5, 0.6) is 0 Å². The Hall–Kier alpha value is -1.47. The van der Waals surface area contributed by atoms with Crippen LogP contribution in [0.3, 0.4) is 0 Å². The van der Waals surface area contributed by atoms with Gasteiger partial charge in [-0.15, -0.1) is 0 Å². The molecular weight excluding hydrogens is 622 g/mol. The van der Waals surface area contributed by atoms with Gasteiger partial charge in [0.15, 0.2) is 0 Å². The summed E-state index contributed by atoms with van der Waals surface area (Å²) in [6.07, 6.45) is 44.6. The zero-order valence-electron chi connectivity index (χ0n) is 32.9. The predicted molar refractivity (Wildman–Crippen MR) is 214 cm³/mol. The van der Waals surface area contributed by atoms with Crippen LogP contribution >= 0.6 is 0 Å². The van der Waals surface area contributed by atoms with E-state index in [4.69, 9.17) is 0 Å². The molecule has 0 aliphatic rings. The van der Waals surface area contributed by atoms with E-state index < -0.39 is 36.9 Å². The van der Waals surface area contributed by atoms with E-state index in [1.54, 1.807) is 0 Å². The molecule has 0 radical (unpaired) electrons. The lowest BCUT2D eigenvalue weighted by Gasteiger charge is -2.27. The van der Waals surface area contributed by atoms with Crippen molar-refractivity contribution in [3.05, 3.63) is 36.5 Å². The van der Waals surface area contributed by atoms with Gasteiger partial charge in [0.2, 0.25) is 5.91 Å². The van der Waals surface area contributed by atoms with Crippen LogP contribution in [0.4, 0.5) is 0 Å². The summed E-state index contributed by atoms with van der Waals surface area (Å²) in [5, 5.41) is 43.5. The van der Waals surface area contributed by atoms with E-state index in [9.17, 15) is 25.2 Å². The molecular formula is C44H83NO5. The number of aliphatic hydroxyl groups excluding tert-OH is 4. The fraction of sp³-hybridized carbons (Fsp3) is 0.841. The molecule has 0 saturated carbocycles. The van der Waals surface area contributed by atoms with Crippen LogP contribution in [0, 0.1) is 0 Å². The largest absolute Gasteiger partial charge is 0.394 e. The Labute approximate surface area is 309 Å². The lowest BCUT2D eigenvalue weighted by atomic mass is 10.00. The summed E-state index contributed by atoms with van der Waals surface area (Å²) in [5.74, 6) is -0.603. The average molecular weight is 706 g/mol. The maximum atomic E-state index is 12.5. The smallest absolute Gasteiger partial charge is 0.249 e. The minimum Gasteiger partial charge on any atom is -0.394 e. The average Bonchev–Trinajstić information content (AvgIpc) is 3.12. The van der Waals surface area contributed by atoms with Crippen molar-refractivity contribution >= 4 is 5.91 Å². The molecule has 0 heterocycles. The fourth-order valence-corrected chi connectivity index (χ4v) is 6.35. The number of carbonyl (C=O) groups is 1. The van der Waals surface area contributed by atoms with E-state index in [1.807, 2.05) is 0 Å². The maximum absolute atomic E-state index is 12.5. The summed E-state index contributed by atoms with van der Waals surface area (Å²) in [4.78, 5) is 12.5. The maximum Gasteiger partial charge on any atom is 0.249 e. The highest BCUT2D eigenvalue weighted by atomic mass is 16.3. The van der Waals surface area contributed by atoms with Crippen LogP contribution in [0.2, 0.25) is 0 Å². The Kier molecular flexibility index (Phi) is 37.6. The standard InChI is InChI=1S/C44H83NO5/c1-3-5-7-9-11-13-15-17-19-20-21-22-23-24-26-28-30-32-34-36-38-42(48)44(50)45-40(39-46)43(49)41(47)37-35-33-31-29-27-25-18-16-14-12-10-8-6-4-2/h16,18,22-23,29,31,40-43,46-49H,3-15,17,19-21,24-28,30,32-39H2,1-2H3,(H,45,50)/b18-16+,23-22-,31-29+. The van der Waals surface area contributed by atoms with Crippen LogP contribution in [0.25, 0.3) is 0 Å². The van der Waals surface area contributed by atoms with Crippen molar-refractivity contribution in [2.24, 2.45) is 0 Å². The molecule has 4 unspecified atom stereocenters. The molecule has 0 aromatic heterocycles. The number of allylic oxidation sites excluding steroid dienone is 6. The van der Waals surface area contributed by atoms with E-state index in [0.717, 1.165) is 51.4 Å². The predicted octanol–water partition coefficient (Wildman–Crippen LogP) is 11.0. The second kappa shape index (κ2) is 38.8. The summed E-state index contributed by atoms with van der Waals surface area (Å²) in [7, 11) is 0. The Bertz CT molecular complexity index is 797. The Morgan fingerprint density at radius 1 is 0.480 bits per heavy atom. The highest BCUT2D eigenvalue weighted by Gasteiger charge is 2.28. The van der Waals surface area contributed by atoms with Gasteiger partial charge in [-0.1, -0.05) is 166 Å². The van der Waals surface area contributed by atoms with Gasteiger partial charge in [0.1, 0.15) is 12.2 Å². The summed E-state index contributed by atoms with van der Waals surface area (Å²) in [6, 6.07) is -1.01. The monoisotopic (exact) mass is 706 g/mol. The molecule has 1 amide bonds. The van der Waals surface area contributed by atoms with Gasteiger partial charge >= 0.3 is 0 Å². The lowest BCUT2D eigenvalue weighted by molar-refractivity contribution is -0.132. The fourth-order valence-electron chi connectivity index (χ4n) is 6.35. The molecule has 0 spiro atoms. The number of nitrogens with one attached hydrogen (secondary N) is 1. The van der Waals surface area contributed by atoms with E-state index in [-0.39, 0.29) is 0 Å². The normalized spacial score (nSPS) is 14.6. The Morgan fingerprint density at radius 3 is 1.26 bits per heavy atom. The van der Waals surface area contributed by atoms with Crippen LogP contribution in [0.1, 0.15) is 206 Å². The van der Waals surface area contributed by atoms with Gasteiger partial charge < -0.3 is 25.7 Å². The zero-order valence-corrected chi connectivity index (χ0v) is 32.9. The number of amides is 1. The Morgan fingerprint density at radius 2 is 0.840 bits per heavy atom. The van der Waals surface area contributed by atoms with Crippen LogP contribution in [0.15, 0.2) is 36.5 Å². The lowest BCUT2D eigenvalue weighted by Crippen LogP contribution is -2.53. The van der Waals surface area contributed by atoms with Gasteiger partial charge in [0, 0.05) is 0 Å². The Balaban J connectivity index is 3.81. The molecule has 0 saturated heterocycles. The van der Waals surface area contributed by atoms with Crippen molar-refractivity contribution in [1.29, 1.82) is 0 Å². The highest BCUT2D eigenvalue weighted by molar-refractivity contribution is 5.80. The van der Waals surface area contributed by atoms with Crippen molar-refractivity contribution in [1.82, 2.24) is 5.32 Å². The molecule has 0 aromatic carbocycles. The van der Waals surface area contributed by atoms with Gasteiger partial charge in [-0.2, -0.15) is 0 Å². The van der Waals surface area contributed by atoms with Crippen molar-refractivity contribution in [2.45, 2.75) is 231 Å². The molecule has 5 N–H and O–H groups in total. The van der Waals surface area contributed by atoms with E-state index in [1.165, 1.54) is 122 Å². The van der Waals surface area contributed by atoms with E-state index in [2.05, 4.69) is 55.6 Å². The molecule has 0 aromatic rings. The molecule has 6 nitrogen and oxygen atoms in total. The third-order valence-corrected chi connectivity index (χ3v) is 9.80. The minimum absolute atomic E-state index is 0.353. The highest BCUT2D eigenvalue weighted by Crippen LogP contribution is 2.14. The molecule has 0 aliphatic carbocycles. The zero-order chi connectivity index (χ0) is 36.8. The second-order valence-electron chi connectivity index (χ2n) is 14.7. The third-order valence-electron chi connectivity index (χ3n) is 9.80. The van der Waals surface area contributed by atoms with E-state index in [0.29, 0.717) is 19.3 Å². The second-order valence-corrected chi connectivity index (χ2v) is 14.7. The van der Waals surface area contributed by atoms with E-state index >= 15 is 0 Å². The van der Waals surface area contributed by atoms with Gasteiger partial charge in [-0.3, -0.25) is 4.79 Å². The number of rotatable bonds is 38. The van der Waals surface area contributed by atoms with Crippen LogP contribution in [-0.2, 0) is 4.79 Å².